The Hall–Kier alpha value is -1.86. The van der Waals surface area contributed by atoms with Gasteiger partial charge in [0.15, 0.2) is 5.96 Å². The molecule has 1 saturated heterocycles. The summed E-state index contributed by atoms with van der Waals surface area (Å²) < 4.78 is 23.9. The Balaban J connectivity index is 1.76. The van der Waals surface area contributed by atoms with Gasteiger partial charge in [-0.05, 0) is 57.4 Å². The molecule has 0 bridgehead atoms. The maximum absolute atomic E-state index is 13.0. The highest BCUT2D eigenvalue weighted by molar-refractivity contribution is 5.80. The topological polar surface area (TPSA) is 58.1 Å². The van der Waals surface area contributed by atoms with Crippen molar-refractivity contribution in [1.29, 1.82) is 0 Å². The smallest absolute Gasteiger partial charge is 0.191 e. The first-order chi connectivity index (χ1) is 13.6. The van der Waals surface area contributed by atoms with Crippen LogP contribution in [0.25, 0.3) is 0 Å². The number of nitrogens with one attached hydrogen (secondary N) is 2. The van der Waals surface area contributed by atoms with Crippen molar-refractivity contribution < 1.29 is 13.9 Å². The van der Waals surface area contributed by atoms with E-state index in [4.69, 9.17) is 9.47 Å². The summed E-state index contributed by atoms with van der Waals surface area (Å²) in [5.74, 6) is 1.22. The van der Waals surface area contributed by atoms with Gasteiger partial charge in [-0.25, -0.2) is 9.38 Å². The van der Waals surface area contributed by atoms with Crippen LogP contribution in [0.3, 0.4) is 0 Å². The molecule has 1 unspecified atom stereocenters. The lowest BCUT2D eigenvalue weighted by Gasteiger charge is -2.33. The Labute approximate surface area is 168 Å². The highest BCUT2D eigenvalue weighted by Crippen LogP contribution is 2.13. The van der Waals surface area contributed by atoms with Crippen LogP contribution in [0, 0.1) is 5.82 Å². The summed E-state index contributed by atoms with van der Waals surface area (Å²) >= 11 is 0. The number of guanidine groups is 1. The number of likely N-dealkylation sites (tertiary alicyclic amines) is 1. The third-order valence-corrected chi connectivity index (χ3v) is 4.75. The molecule has 6 nitrogen and oxygen atoms in total. The number of hydrogen-bond donors (Lipinski definition) is 2. The molecule has 0 aromatic heterocycles. The van der Waals surface area contributed by atoms with Crippen molar-refractivity contribution in [2.75, 3.05) is 46.4 Å². The Bertz CT molecular complexity index is 574. The Morgan fingerprint density at radius 2 is 2.00 bits per heavy atom. The summed E-state index contributed by atoms with van der Waals surface area (Å²) in [6, 6.07) is 6.51. The molecule has 1 atom stereocenters. The largest absolute Gasteiger partial charge is 0.489 e. The number of aliphatic imine (C=N–C) groups is 1. The summed E-state index contributed by atoms with van der Waals surface area (Å²) in [7, 11) is 1.75. The maximum atomic E-state index is 13.0. The molecule has 2 rings (SSSR count). The minimum absolute atomic E-state index is 0.0939. The molecule has 1 aromatic rings. The number of halogens is 1. The van der Waals surface area contributed by atoms with Crippen molar-refractivity contribution in [2.45, 2.75) is 45.3 Å². The highest BCUT2D eigenvalue weighted by atomic mass is 19.1. The van der Waals surface area contributed by atoms with Crippen LogP contribution in [-0.2, 0) is 4.74 Å². The average Bonchev–Trinajstić information content (AvgIpc) is 2.69. The quantitative estimate of drug-likeness (QED) is 0.363. The zero-order valence-electron chi connectivity index (χ0n) is 17.4. The number of ether oxygens (including phenoxy) is 2. The number of piperidine rings is 1. The standard InChI is InChI=1S/C21H35FN4O2/c1-4-23-21(24-16-17(2)28-20-8-6-18(22)7-9-20)25-19-10-13-26(14-11-19)12-5-15-27-3/h6-9,17,19H,4-5,10-16H2,1-3H3,(H2,23,24,25). The van der Waals surface area contributed by atoms with Crippen LogP contribution in [0.15, 0.2) is 29.3 Å². The molecule has 1 fully saturated rings. The maximum Gasteiger partial charge on any atom is 0.191 e. The van der Waals surface area contributed by atoms with E-state index in [0.29, 0.717) is 18.3 Å². The Morgan fingerprint density at radius 3 is 2.64 bits per heavy atom. The molecule has 0 aliphatic carbocycles. The molecule has 1 aromatic carbocycles. The van der Waals surface area contributed by atoms with E-state index in [2.05, 4.69) is 27.4 Å². The van der Waals surface area contributed by atoms with Crippen molar-refractivity contribution in [3.63, 3.8) is 0 Å². The van der Waals surface area contributed by atoms with Gasteiger partial charge in [-0.1, -0.05) is 0 Å². The summed E-state index contributed by atoms with van der Waals surface area (Å²) in [5.41, 5.74) is 0. The summed E-state index contributed by atoms with van der Waals surface area (Å²) in [6.45, 7) is 9.51. The first-order valence-corrected chi connectivity index (χ1v) is 10.3. The second kappa shape index (κ2) is 12.6. The Morgan fingerprint density at radius 1 is 1.29 bits per heavy atom. The molecule has 158 valence electrons. The van der Waals surface area contributed by atoms with Crippen molar-refractivity contribution >= 4 is 5.96 Å². The van der Waals surface area contributed by atoms with Crippen molar-refractivity contribution in [1.82, 2.24) is 15.5 Å². The van der Waals surface area contributed by atoms with Crippen LogP contribution < -0.4 is 15.4 Å². The van der Waals surface area contributed by atoms with Gasteiger partial charge in [-0.3, -0.25) is 0 Å². The number of methoxy groups -OCH3 is 1. The minimum atomic E-state index is -0.263. The summed E-state index contributed by atoms with van der Waals surface area (Å²) in [4.78, 5) is 7.17. The van der Waals surface area contributed by atoms with Gasteiger partial charge in [0, 0.05) is 45.9 Å². The first kappa shape index (κ1) is 22.4. The molecule has 0 spiro atoms. The SMILES string of the molecule is CCNC(=NCC(C)Oc1ccc(F)cc1)NC1CCN(CCCOC)CC1. The van der Waals surface area contributed by atoms with Crippen LogP contribution in [0.5, 0.6) is 5.75 Å². The van der Waals surface area contributed by atoms with Crippen LogP contribution in [0.2, 0.25) is 0 Å². The molecule has 1 aliphatic rings. The highest BCUT2D eigenvalue weighted by Gasteiger charge is 2.19. The van der Waals surface area contributed by atoms with Crippen LogP contribution in [0.1, 0.15) is 33.1 Å². The van der Waals surface area contributed by atoms with Crippen LogP contribution >= 0.6 is 0 Å². The van der Waals surface area contributed by atoms with E-state index in [1.54, 1.807) is 19.2 Å². The van der Waals surface area contributed by atoms with E-state index in [0.717, 1.165) is 58.0 Å². The fourth-order valence-electron chi connectivity index (χ4n) is 3.25. The van der Waals surface area contributed by atoms with E-state index >= 15 is 0 Å². The van der Waals surface area contributed by atoms with Crippen molar-refractivity contribution in [3.8, 4) is 5.75 Å². The fraction of sp³-hybridized carbons (Fsp3) is 0.667. The van der Waals surface area contributed by atoms with Gasteiger partial charge >= 0.3 is 0 Å². The number of benzene rings is 1. The van der Waals surface area contributed by atoms with E-state index in [-0.39, 0.29) is 11.9 Å². The normalized spacial score (nSPS) is 17.4. The monoisotopic (exact) mass is 394 g/mol. The van der Waals surface area contributed by atoms with Crippen LogP contribution in [0.4, 0.5) is 4.39 Å². The molecule has 0 amide bonds. The summed E-state index contributed by atoms with van der Waals surface area (Å²) in [5, 5.41) is 6.87. The minimum Gasteiger partial charge on any atom is -0.489 e. The van der Waals surface area contributed by atoms with Gasteiger partial charge in [0.05, 0.1) is 6.54 Å². The van der Waals surface area contributed by atoms with Gasteiger partial charge in [0.25, 0.3) is 0 Å². The molecule has 2 N–H and O–H groups in total. The third-order valence-electron chi connectivity index (χ3n) is 4.75. The van der Waals surface area contributed by atoms with Crippen molar-refractivity contribution in [3.05, 3.63) is 30.1 Å². The zero-order chi connectivity index (χ0) is 20.2. The van der Waals surface area contributed by atoms with Gasteiger partial charge in [-0.15, -0.1) is 0 Å². The van der Waals surface area contributed by atoms with Gasteiger partial charge in [0.1, 0.15) is 17.7 Å². The van der Waals surface area contributed by atoms with Crippen LogP contribution in [-0.4, -0.2) is 69.4 Å². The molecule has 28 heavy (non-hydrogen) atoms. The second-order valence-corrected chi connectivity index (χ2v) is 7.21. The van der Waals surface area contributed by atoms with Gasteiger partial charge < -0.3 is 25.0 Å². The molecule has 1 aliphatic heterocycles. The number of nitrogens with zero attached hydrogens (tertiary/aromatic N) is 2. The fourth-order valence-corrected chi connectivity index (χ4v) is 3.25. The zero-order valence-corrected chi connectivity index (χ0v) is 17.4. The number of hydrogen-bond acceptors (Lipinski definition) is 4. The molecule has 0 radical (unpaired) electrons. The molecular formula is C21H35FN4O2. The third kappa shape index (κ3) is 8.44. The predicted octanol–water partition coefficient (Wildman–Crippen LogP) is 2.65. The van der Waals surface area contributed by atoms with Crippen molar-refractivity contribution in [2.24, 2.45) is 4.99 Å². The van der Waals surface area contributed by atoms with E-state index in [1.165, 1.54) is 12.1 Å². The van der Waals surface area contributed by atoms with Gasteiger partial charge in [0.2, 0.25) is 0 Å². The predicted molar refractivity (Wildman–Crippen MR) is 112 cm³/mol. The second-order valence-electron chi connectivity index (χ2n) is 7.21. The molecule has 7 heteroatoms. The molecular weight excluding hydrogens is 359 g/mol. The average molecular weight is 395 g/mol. The first-order valence-electron chi connectivity index (χ1n) is 10.3. The van der Waals surface area contributed by atoms with E-state index < -0.39 is 0 Å². The lowest BCUT2D eigenvalue weighted by molar-refractivity contribution is 0.155. The Kier molecular flexibility index (Phi) is 10.1. The molecule has 1 heterocycles. The van der Waals surface area contributed by atoms with Gasteiger partial charge in [-0.2, -0.15) is 0 Å². The van der Waals surface area contributed by atoms with E-state index in [1.807, 2.05) is 6.92 Å². The molecule has 0 saturated carbocycles. The lowest BCUT2D eigenvalue weighted by Crippen LogP contribution is -2.49. The summed E-state index contributed by atoms with van der Waals surface area (Å²) in [6.07, 6.45) is 3.21. The lowest BCUT2D eigenvalue weighted by atomic mass is 10.1. The van der Waals surface area contributed by atoms with E-state index in [9.17, 15) is 4.39 Å². The number of rotatable bonds is 10.